The topological polar surface area (TPSA) is 0 Å². The van der Waals surface area contributed by atoms with Gasteiger partial charge in [-0.1, -0.05) is 46.0 Å². The summed E-state index contributed by atoms with van der Waals surface area (Å²) in [6.07, 6.45) is 14.8. The molecule has 0 aromatic carbocycles. The van der Waals surface area contributed by atoms with Crippen LogP contribution in [0.15, 0.2) is 17.9 Å². The highest BCUT2D eigenvalue weighted by Crippen LogP contribution is 2.04. The summed E-state index contributed by atoms with van der Waals surface area (Å²) in [6, 6.07) is 0. The molecule has 0 N–H and O–H groups in total. The zero-order valence-electron chi connectivity index (χ0n) is 9.31. The molecule has 0 heterocycles. The molecule has 0 nitrogen and oxygen atoms in total. The summed E-state index contributed by atoms with van der Waals surface area (Å²) < 4.78 is 0. The number of hydrogen-bond acceptors (Lipinski definition) is 0. The minimum Gasteiger partial charge on any atom is -0.130 e. The summed E-state index contributed by atoms with van der Waals surface area (Å²) in [4.78, 5) is 0. The number of allylic oxidation sites excluding steroid dienone is 1. The van der Waals surface area contributed by atoms with E-state index in [9.17, 15) is 0 Å². The maximum Gasteiger partial charge on any atom is -0.0274 e. The first-order valence-electron chi connectivity index (χ1n) is 5.81. The Balaban J connectivity index is 3.10. The summed E-state index contributed by atoms with van der Waals surface area (Å²) in [5, 5.41) is 0. The molecule has 0 radical (unpaired) electrons. The molecule has 0 aliphatic heterocycles. The number of hydrogen-bond donors (Lipinski definition) is 0. The normalized spacial score (nSPS) is 9.38. The molecule has 13 heavy (non-hydrogen) atoms. The molecule has 0 atom stereocenters. The lowest BCUT2D eigenvalue weighted by atomic mass is 10.1. The summed E-state index contributed by atoms with van der Waals surface area (Å²) >= 11 is 0. The Labute approximate surface area is 83.7 Å². The highest BCUT2D eigenvalue weighted by molar-refractivity contribution is 4.84. The molecule has 0 saturated carbocycles. The van der Waals surface area contributed by atoms with Gasteiger partial charge < -0.3 is 0 Å². The molecule has 0 spiro atoms. The first-order chi connectivity index (χ1) is 6.41. The van der Waals surface area contributed by atoms with Gasteiger partial charge in [0.05, 0.1) is 0 Å². The first kappa shape index (κ1) is 12.5. The molecule has 0 amide bonds. The van der Waals surface area contributed by atoms with Crippen molar-refractivity contribution in [3.63, 3.8) is 0 Å². The lowest BCUT2D eigenvalue weighted by Crippen LogP contribution is -1.75. The van der Waals surface area contributed by atoms with Crippen LogP contribution in [0.25, 0.3) is 0 Å². The van der Waals surface area contributed by atoms with Gasteiger partial charge in [0.2, 0.25) is 0 Å². The molecule has 0 aliphatic carbocycles. The standard InChI is InChI=1S/C13H24/c1-3-5-7-9-11-13-12-10-8-6-4-2/h7,11H,3-6,8,10,12-13H2,1-2H3. The fraction of sp³-hybridized carbons (Fsp3) is 0.769. The predicted molar refractivity (Wildman–Crippen MR) is 60.9 cm³/mol. The molecule has 76 valence electrons. The SMILES string of the molecule is CCCC=C=CCCCCCCC. The van der Waals surface area contributed by atoms with Crippen molar-refractivity contribution < 1.29 is 0 Å². The summed E-state index contributed by atoms with van der Waals surface area (Å²) in [6.45, 7) is 4.45. The van der Waals surface area contributed by atoms with Crippen LogP contribution in [0.4, 0.5) is 0 Å². The van der Waals surface area contributed by atoms with Crippen molar-refractivity contribution in [2.24, 2.45) is 0 Å². The van der Waals surface area contributed by atoms with Gasteiger partial charge >= 0.3 is 0 Å². The van der Waals surface area contributed by atoms with Crippen molar-refractivity contribution in [1.82, 2.24) is 0 Å². The van der Waals surface area contributed by atoms with E-state index in [-0.39, 0.29) is 0 Å². The van der Waals surface area contributed by atoms with Crippen LogP contribution in [0.5, 0.6) is 0 Å². The van der Waals surface area contributed by atoms with Crippen LogP contribution in [0, 0.1) is 0 Å². The van der Waals surface area contributed by atoms with Gasteiger partial charge in [-0.2, -0.15) is 0 Å². The average Bonchev–Trinajstić information content (AvgIpc) is 2.16. The van der Waals surface area contributed by atoms with Gasteiger partial charge in [0, 0.05) is 0 Å². The highest BCUT2D eigenvalue weighted by atomic mass is 13.9. The van der Waals surface area contributed by atoms with E-state index in [0.717, 1.165) is 0 Å². The molecule has 0 heteroatoms. The molecule has 0 aliphatic rings. The molecule has 0 rings (SSSR count). The Morgan fingerprint density at radius 3 is 2.15 bits per heavy atom. The van der Waals surface area contributed by atoms with Gasteiger partial charge in [-0.3, -0.25) is 0 Å². The molecule has 0 aromatic rings. The zero-order valence-corrected chi connectivity index (χ0v) is 9.31. The molecule has 0 unspecified atom stereocenters. The number of unbranched alkanes of at least 4 members (excludes halogenated alkanes) is 6. The van der Waals surface area contributed by atoms with Crippen LogP contribution in [-0.4, -0.2) is 0 Å². The van der Waals surface area contributed by atoms with Gasteiger partial charge in [-0.05, 0) is 31.4 Å². The second-order valence-electron chi connectivity index (χ2n) is 3.57. The maximum atomic E-state index is 3.23. The Morgan fingerprint density at radius 1 is 0.769 bits per heavy atom. The fourth-order valence-corrected chi connectivity index (χ4v) is 1.24. The average molecular weight is 180 g/mol. The second kappa shape index (κ2) is 11.5. The fourth-order valence-electron chi connectivity index (χ4n) is 1.24. The maximum absolute atomic E-state index is 3.23. The van der Waals surface area contributed by atoms with Crippen LogP contribution < -0.4 is 0 Å². The molecule has 0 fully saturated rings. The minimum absolute atomic E-state index is 1.17. The van der Waals surface area contributed by atoms with Crippen LogP contribution >= 0.6 is 0 Å². The van der Waals surface area contributed by atoms with E-state index in [1.165, 1.54) is 51.4 Å². The smallest absolute Gasteiger partial charge is 0.0274 e. The van der Waals surface area contributed by atoms with Crippen LogP contribution in [0.1, 0.15) is 65.2 Å². The zero-order chi connectivity index (χ0) is 9.78. The van der Waals surface area contributed by atoms with E-state index in [2.05, 4.69) is 31.7 Å². The lowest BCUT2D eigenvalue weighted by molar-refractivity contribution is 0.637. The third-order valence-corrected chi connectivity index (χ3v) is 2.12. The molecule has 0 aromatic heterocycles. The quantitative estimate of drug-likeness (QED) is 0.370. The first-order valence-corrected chi connectivity index (χ1v) is 5.81. The summed E-state index contributed by atoms with van der Waals surface area (Å²) in [7, 11) is 0. The van der Waals surface area contributed by atoms with Crippen molar-refractivity contribution in [2.45, 2.75) is 65.2 Å². The third kappa shape index (κ3) is 11.5. The van der Waals surface area contributed by atoms with E-state index >= 15 is 0 Å². The van der Waals surface area contributed by atoms with Gasteiger partial charge in [-0.25, -0.2) is 0 Å². The van der Waals surface area contributed by atoms with Crippen molar-refractivity contribution in [1.29, 1.82) is 0 Å². The highest BCUT2D eigenvalue weighted by Gasteiger charge is 1.85. The molecule has 0 saturated heterocycles. The molecular weight excluding hydrogens is 156 g/mol. The largest absolute Gasteiger partial charge is 0.130 e. The lowest BCUT2D eigenvalue weighted by Gasteiger charge is -1.94. The van der Waals surface area contributed by atoms with Crippen LogP contribution in [0.2, 0.25) is 0 Å². The van der Waals surface area contributed by atoms with E-state index in [1.54, 1.807) is 0 Å². The minimum atomic E-state index is 1.17. The molecule has 0 bridgehead atoms. The van der Waals surface area contributed by atoms with Crippen molar-refractivity contribution in [3.05, 3.63) is 17.9 Å². The Kier molecular flexibility index (Phi) is 11.1. The van der Waals surface area contributed by atoms with E-state index in [1.807, 2.05) is 0 Å². The monoisotopic (exact) mass is 180 g/mol. The molecular formula is C13H24. The summed E-state index contributed by atoms with van der Waals surface area (Å²) in [5.41, 5.74) is 3.23. The third-order valence-electron chi connectivity index (χ3n) is 2.12. The van der Waals surface area contributed by atoms with Crippen LogP contribution in [-0.2, 0) is 0 Å². The second-order valence-corrected chi connectivity index (χ2v) is 3.57. The predicted octanol–water partition coefficient (Wildman–Crippen LogP) is 4.86. The van der Waals surface area contributed by atoms with Crippen molar-refractivity contribution >= 4 is 0 Å². The number of rotatable bonds is 8. The van der Waals surface area contributed by atoms with Crippen molar-refractivity contribution in [2.75, 3.05) is 0 Å². The van der Waals surface area contributed by atoms with Gasteiger partial charge in [0.1, 0.15) is 0 Å². The van der Waals surface area contributed by atoms with Gasteiger partial charge in [-0.15, -0.1) is 5.73 Å². The van der Waals surface area contributed by atoms with Gasteiger partial charge in [0.25, 0.3) is 0 Å². The Bertz CT molecular complexity index is 138. The van der Waals surface area contributed by atoms with Gasteiger partial charge in [0.15, 0.2) is 0 Å². The van der Waals surface area contributed by atoms with E-state index in [0.29, 0.717) is 0 Å². The van der Waals surface area contributed by atoms with Crippen molar-refractivity contribution in [3.8, 4) is 0 Å². The summed E-state index contributed by atoms with van der Waals surface area (Å²) in [5.74, 6) is 0. The van der Waals surface area contributed by atoms with Crippen LogP contribution in [0.3, 0.4) is 0 Å². The Morgan fingerprint density at radius 2 is 1.46 bits per heavy atom. The van der Waals surface area contributed by atoms with E-state index < -0.39 is 0 Å². The Hall–Kier alpha value is -0.480. The van der Waals surface area contributed by atoms with E-state index in [4.69, 9.17) is 0 Å².